The summed E-state index contributed by atoms with van der Waals surface area (Å²) in [6.45, 7) is 0. The van der Waals surface area contributed by atoms with Gasteiger partial charge in [-0.05, 0) is 65.1 Å². The molecule has 110 valence electrons. The van der Waals surface area contributed by atoms with Crippen LogP contribution >= 0.6 is 34.2 Å². The van der Waals surface area contributed by atoms with Gasteiger partial charge in [-0.25, -0.2) is 0 Å². The number of carbonyl (C=O) groups excluding carboxylic acids is 1. The topological polar surface area (TPSA) is 29.1 Å². The van der Waals surface area contributed by atoms with Crippen molar-refractivity contribution >= 4 is 45.8 Å². The quantitative estimate of drug-likeness (QED) is 0.657. The maximum absolute atomic E-state index is 12.7. The van der Waals surface area contributed by atoms with Crippen LogP contribution in [0.2, 0.25) is 5.02 Å². The molecule has 0 aliphatic rings. The van der Waals surface area contributed by atoms with E-state index in [1.807, 2.05) is 0 Å². The van der Waals surface area contributed by atoms with E-state index in [0.717, 1.165) is 15.7 Å². The van der Waals surface area contributed by atoms with Crippen molar-refractivity contribution in [2.75, 3.05) is 5.32 Å². The number of nitrogens with one attached hydrogen (secondary N) is 1. The molecule has 0 aliphatic carbocycles. The number of amides is 1. The van der Waals surface area contributed by atoms with Crippen LogP contribution in [0, 0.1) is 3.57 Å². The van der Waals surface area contributed by atoms with Crippen molar-refractivity contribution in [1.29, 1.82) is 0 Å². The fraction of sp³-hybridized carbons (Fsp3) is 0.0714. The molecule has 0 fully saturated rings. The highest BCUT2D eigenvalue weighted by Gasteiger charge is 2.33. The Morgan fingerprint density at radius 2 is 1.71 bits per heavy atom. The number of hydrogen-bond acceptors (Lipinski definition) is 1. The molecule has 2 aromatic carbocycles. The highest BCUT2D eigenvalue weighted by Crippen LogP contribution is 2.36. The Labute approximate surface area is 137 Å². The monoisotopic (exact) mass is 425 g/mol. The van der Waals surface area contributed by atoms with E-state index >= 15 is 0 Å². The average molecular weight is 426 g/mol. The van der Waals surface area contributed by atoms with Crippen LogP contribution in [0.5, 0.6) is 0 Å². The summed E-state index contributed by atoms with van der Waals surface area (Å²) in [6, 6.07) is 9.90. The molecule has 2 nitrogen and oxygen atoms in total. The van der Waals surface area contributed by atoms with Crippen molar-refractivity contribution in [3.8, 4) is 0 Å². The molecule has 0 saturated carbocycles. The van der Waals surface area contributed by atoms with Crippen molar-refractivity contribution in [2.45, 2.75) is 6.18 Å². The third kappa shape index (κ3) is 4.10. The number of halogens is 5. The van der Waals surface area contributed by atoms with Crippen LogP contribution in [0.1, 0.15) is 15.9 Å². The minimum Gasteiger partial charge on any atom is -0.322 e. The molecule has 7 heteroatoms. The summed E-state index contributed by atoms with van der Waals surface area (Å²) in [4.78, 5) is 11.9. The van der Waals surface area contributed by atoms with Gasteiger partial charge in [-0.15, -0.1) is 0 Å². The summed E-state index contributed by atoms with van der Waals surface area (Å²) in [5.41, 5.74) is -0.584. The smallest absolute Gasteiger partial charge is 0.322 e. The van der Waals surface area contributed by atoms with Crippen LogP contribution in [0.15, 0.2) is 42.5 Å². The molecule has 21 heavy (non-hydrogen) atoms. The lowest BCUT2D eigenvalue weighted by Crippen LogP contribution is -2.13. The van der Waals surface area contributed by atoms with Crippen molar-refractivity contribution in [3.63, 3.8) is 0 Å². The molecule has 2 aromatic rings. The first-order valence-corrected chi connectivity index (χ1v) is 7.17. The van der Waals surface area contributed by atoms with E-state index < -0.39 is 22.7 Å². The number of rotatable bonds is 2. The van der Waals surface area contributed by atoms with Crippen LogP contribution in [0.25, 0.3) is 0 Å². The number of alkyl halides is 3. The third-order valence-corrected chi connectivity index (χ3v) is 3.68. The van der Waals surface area contributed by atoms with Crippen LogP contribution in [0.4, 0.5) is 18.9 Å². The van der Waals surface area contributed by atoms with Gasteiger partial charge in [-0.2, -0.15) is 13.2 Å². The first kappa shape index (κ1) is 16.1. The third-order valence-electron chi connectivity index (χ3n) is 2.64. The number of anilines is 1. The van der Waals surface area contributed by atoms with E-state index in [1.165, 1.54) is 6.07 Å². The van der Waals surface area contributed by atoms with Gasteiger partial charge in [0.25, 0.3) is 5.91 Å². The van der Waals surface area contributed by atoms with Crippen molar-refractivity contribution in [1.82, 2.24) is 0 Å². The van der Waals surface area contributed by atoms with Gasteiger partial charge in [0.05, 0.1) is 10.6 Å². The van der Waals surface area contributed by atoms with Gasteiger partial charge in [0.2, 0.25) is 0 Å². The predicted molar refractivity (Wildman–Crippen MR) is 83.6 cm³/mol. The zero-order valence-corrected chi connectivity index (χ0v) is 13.3. The highest BCUT2D eigenvalue weighted by atomic mass is 127. The van der Waals surface area contributed by atoms with Gasteiger partial charge in [-0.3, -0.25) is 4.79 Å². The standard InChI is InChI=1S/C14H8ClF3INO/c15-12-6-5-10(7-11(12)14(16,17)18)20-13(21)8-1-3-9(19)4-2-8/h1-7H,(H,20,21). The normalized spacial score (nSPS) is 11.3. The molecule has 0 aliphatic heterocycles. The Balaban J connectivity index is 2.24. The molecule has 0 heterocycles. The van der Waals surface area contributed by atoms with Crippen molar-refractivity contribution < 1.29 is 18.0 Å². The maximum Gasteiger partial charge on any atom is 0.417 e. The second-order valence-electron chi connectivity index (χ2n) is 4.15. The Bertz CT molecular complexity index is 671. The zero-order valence-electron chi connectivity index (χ0n) is 10.3. The van der Waals surface area contributed by atoms with Gasteiger partial charge in [0.15, 0.2) is 0 Å². The Morgan fingerprint density at radius 1 is 1.10 bits per heavy atom. The minimum atomic E-state index is -4.57. The minimum absolute atomic E-state index is 0.0373. The van der Waals surface area contributed by atoms with Crippen LogP contribution in [-0.4, -0.2) is 5.91 Å². The Morgan fingerprint density at radius 3 is 2.29 bits per heavy atom. The van der Waals surface area contributed by atoms with E-state index in [-0.39, 0.29) is 5.69 Å². The summed E-state index contributed by atoms with van der Waals surface area (Å²) in [5, 5.41) is 2.01. The van der Waals surface area contributed by atoms with Crippen LogP contribution in [0.3, 0.4) is 0 Å². The highest BCUT2D eigenvalue weighted by molar-refractivity contribution is 14.1. The van der Waals surface area contributed by atoms with Crippen LogP contribution in [-0.2, 0) is 6.18 Å². The molecule has 0 bridgehead atoms. The van der Waals surface area contributed by atoms with E-state index in [1.54, 1.807) is 24.3 Å². The van der Waals surface area contributed by atoms with Crippen molar-refractivity contribution in [3.05, 3.63) is 62.2 Å². The van der Waals surface area contributed by atoms with Gasteiger partial charge in [0.1, 0.15) is 0 Å². The van der Waals surface area contributed by atoms with Gasteiger partial charge in [-0.1, -0.05) is 11.6 Å². The Hall–Kier alpha value is -1.28. The molecule has 0 unspecified atom stereocenters. The zero-order chi connectivity index (χ0) is 15.6. The SMILES string of the molecule is O=C(Nc1ccc(Cl)c(C(F)(F)F)c1)c1ccc(I)cc1. The number of benzene rings is 2. The lowest BCUT2D eigenvalue weighted by molar-refractivity contribution is -0.137. The number of hydrogen-bond donors (Lipinski definition) is 1. The second-order valence-corrected chi connectivity index (χ2v) is 5.81. The molecule has 0 spiro atoms. The fourth-order valence-electron chi connectivity index (χ4n) is 1.62. The van der Waals surface area contributed by atoms with Gasteiger partial charge < -0.3 is 5.32 Å². The molecule has 0 radical (unpaired) electrons. The lowest BCUT2D eigenvalue weighted by Gasteiger charge is -2.11. The largest absolute Gasteiger partial charge is 0.417 e. The van der Waals surface area contributed by atoms with Crippen molar-refractivity contribution in [2.24, 2.45) is 0 Å². The first-order chi connectivity index (χ1) is 9.77. The average Bonchev–Trinajstić information content (AvgIpc) is 2.40. The summed E-state index contributed by atoms with van der Waals surface area (Å²) in [6.07, 6.45) is -4.57. The molecule has 0 aromatic heterocycles. The van der Waals surface area contributed by atoms with Crippen LogP contribution < -0.4 is 5.32 Å². The lowest BCUT2D eigenvalue weighted by atomic mass is 10.1. The number of carbonyl (C=O) groups is 1. The molecule has 1 N–H and O–H groups in total. The van der Waals surface area contributed by atoms with E-state index in [9.17, 15) is 18.0 Å². The van der Waals surface area contributed by atoms with E-state index in [0.29, 0.717) is 5.56 Å². The first-order valence-electron chi connectivity index (χ1n) is 5.71. The molecule has 1 amide bonds. The van der Waals surface area contributed by atoms with E-state index in [2.05, 4.69) is 27.9 Å². The second kappa shape index (κ2) is 6.23. The molecule has 2 rings (SSSR count). The van der Waals surface area contributed by atoms with Gasteiger partial charge >= 0.3 is 6.18 Å². The Kier molecular flexibility index (Phi) is 4.77. The van der Waals surface area contributed by atoms with E-state index in [4.69, 9.17) is 11.6 Å². The molecular weight excluding hydrogens is 418 g/mol. The summed E-state index contributed by atoms with van der Waals surface area (Å²) in [5.74, 6) is -0.484. The maximum atomic E-state index is 12.7. The molecule has 0 atom stereocenters. The molecular formula is C14H8ClF3INO. The molecule has 0 saturated heterocycles. The predicted octanol–water partition coefficient (Wildman–Crippen LogP) is 5.22. The summed E-state index contributed by atoms with van der Waals surface area (Å²) >= 11 is 7.61. The summed E-state index contributed by atoms with van der Waals surface area (Å²) < 4.78 is 39.2. The fourth-order valence-corrected chi connectivity index (χ4v) is 2.21. The van der Waals surface area contributed by atoms with Gasteiger partial charge in [0, 0.05) is 14.8 Å². The summed E-state index contributed by atoms with van der Waals surface area (Å²) in [7, 11) is 0.